The average molecular weight is 380 g/mol. The maximum Gasteiger partial charge on any atom is 0.191 e. The second-order valence-electron chi connectivity index (χ2n) is 5.12. The van der Waals surface area contributed by atoms with E-state index < -0.39 is 0 Å². The summed E-state index contributed by atoms with van der Waals surface area (Å²) in [4.78, 5) is 0. The van der Waals surface area contributed by atoms with Crippen LogP contribution in [0.15, 0.2) is 47.6 Å². The van der Waals surface area contributed by atoms with E-state index in [2.05, 4.69) is 10.2 Å². The Morgan fingerprint density at radius 3 is 2.46 bits per heavy atom. The minimum Gasteiger partial charge on any atom is -0.496 e. The van der Waals surface area contributed by atoms with E-state index in [-0.39, 0.29) is 0 Å². The van der Waals surface area contributed by atoms with Crippen molar-refractivity contribution < 1.29 is 4.74 Å². The van der Waals surface area contributed by atoms with Crippen LogP contribution in [0.25, 0.3) is 11.4 Å². The lowest BCUT2D eigenvalue weighted by Gasteiger charge is -2.08. The van der Waals surface area contributed by atoms with Gasteiger partial charge in [0.25, 0.3) is 0 Å². The SMILES string of the molecule is COc1ccc(Cl)cc1CSc1nnc(-c2ccc(Cl)cc2)n1C. The van der Waals surface area contributed by atoms with Crippen LogP contribution in [0.5, 0.6) is 5.75 Å². The molecule has 4 nitrogen and oxygen atoms in total. The molecule has 0 aliphatic rings. The molecule has 0 aliphatic heterocycles. The first-order chi connectivity index (χ1) is 11.6. The number of benzene rings is 2. The van der Waals surface area contributed by atoms with Crippen molar-refractivity contribution in [1.29, 1.82) is 0 Å². The third-order valence-electron chi connectivity index (χ3n) is 3.54. The number of hydrogen-bond donors (Lipinski definition) is 0. The van der Waals surface area contributed by atoms with E-state index in [9.17, 15) is 0 Å². The summed E-state index contributed by atoms with van der Waals surface area (Å²) >= 11 is 13.6. The molecule has 24 heavy (non-hydrogen) atoms. The smallest absolute Gasteiger partial charge is 0.191 e. The van der Waals surface area contributed by atoms with Crippen LogP contribution in [-0.4, -0.2) is 21.9 Å². The standard InChI is InChI=1S/C17H15Cl2N3OS/c1-22-16(11-3-5-13(18)6-4-11)20-21-17(22)24-10-12-9-14(19)7-8-15(12)23-2/h3-9H,10H2,1-2H3. The molecule has 1 heterocycles. The molecule has 0 fully saturated rings. The monoisotopic (exact) mass is 379 g/mol. The Morgan fingerprint density at radius 2 is 1.75 bits per heavy atom. The Bertz CT molecular complexity index is 850. The predicted molar refractivity (Wildman–Crippen MR) is 99.0 cm³/mol. The number of nitrogens with zero attached hydrogens (tertiary/aromatic N) is 3. The molecule has 0 atom stereocenters. The zero-order chi connectivity index (χ0) is 17.1. The van der Waals surface area contributed by atoms with Crippen molar-refractivity contribution in [2.24, 2.45) is 7.05 Å². The highest BCUT2D eigenvalue weighted by atomic mass is 35.5. The molecule has 3 aromatic rings. The lowest BCUT2D eigenvalue weighted by molar-refractivity contribution is 0.411. The van der Waals surface area contributed by atoms with Gasteiger partial charge in [0.15, 0.2) is 11.0 Å². The van der Waals surface area contributed by atoms with Gasteiger partial charge < -0.3 is 9.30 Å². The fourth-order valence-electron chi connectivity index (χ4n) is 2.29. The first-order valence-electron chi connectivity index (χ1n) is 7.19. The summed E-state index contributed by atoms with van der Waals surface area (Å²) in [6.45, 7) is 0. The van der Waals surface area contributed by atoms with Gasteiger partial charge in [-0.05, 0) is 42.5 Å². The second-order valence-corrected chi connectivity index (χ2v) is 6.93. The molecular weight excluding hydrogens is 365 g/mol. The molecule has 0 N–H and O–H groups in total. The molecule has 0 radical (unpaired) electrons. The highest BCUT2D eigenvalue weighted by molar-refractivity contribution is 7.98. The number of aromatic nitrogens is 3. The number of halogens is 2. The van der Waals surface area contributed by atoms with Crippen molar-refractivity contribution >= 4 is 35.0 Å². The van der Waals surface area contributed by atoms with Crippen molar-refractivity contribution in [3.63, 3.8) is 0 Å². The van der Waals surface area contributed by atoms with Gasteiger partial charge in [0.05, 0.1) is 7.11 Å². The van der Waals surface area contributed by atoms with E-state index in [1.54, 1.807) is 18.9 Å². The van der Waals surface area contributed by atoms with Crippen LogP contribution in [0.2, 0.25) is 10.0 Å². The van der Waals surface area contributed by atoms with Gasteiger partial charge in [-0.3, -0.25) is 0 Å². The number of methoxy groups -OCH3 is 1. The third-order valence-corrected chi connectivity index (χ3v) is 5.09. The van der Waals surface area contributed by atoms with Gasteiger partial charge in [0.2, 0.25) is 0 Å². The zero-order valence-electron chi connectivity index (χ0n) is 13.2. The first-order valence-corrected chi connectivity index (χ1v) is 8.93. The van der Waals surface area contributed by atoms with E-state index in [0.29, 0.717) is 15.8 Å². The Hall–Kier alpha value is -1.69. The lowest BCUT2D eigenvalue weighted by Crippen LogP contribution is -1.96. The van der Waals surface area contributed by atoms with E-state index in [0.717, 1.165) is 27.9 Å². The van der Waals surface area contributed by atoms with Gasteiger partial charge in [0, 0.05) is 34.0 Å². The van der Waals surface area contributed by atoms with Gasteiger partial charge in [0.1, 0.15) is 5.75 Å². The number of rotatable bonds is 5. The van der Waals surface area contributed by atoms with Crippen molar-refractivity contribution in [2.45, 2.75) is 10.9 Å². The Morgan fingerprint density at radius 1 is 1.04 bits per heavy atom. The van der Waals surface area contributed by atoms with Gasteiger partial charge in [-0.25, -0.2) is 0 Å². The Labute approximate surface area is 154 Å². The summed E-state index contributed by atoms with van der Waals surface area (Å²) < 4.78 is 7.34. The van der Waals surface area contributed by atoms with Crippen molar-refractivity contribution in [2.75, 3.05) is 7.11 Å². The molecule has 0 unspecified atom stereocenters. The molecule has 0 amide bonds. The van der Waals surface area contributed by atoms with Crippen LogP contribution in [-0.2, 0) is 12.8 Å². The fourth-order valence-corrected chi connectivity index (χ4v) is 3.50. The summed E-state index contributed by atoms with van der Waals surface area (Å²) in [7, 11) is 3.60. The normalized spacial score (nSPS) is 10.8. The van der Waals surface area contributed by atoms with E-state index in [4.69, 9.17) is 27.9 Å². The van der Waals surface area contributed by atoms with E-state index in [1.165, 1.54) is 0 Å². The van der Waals surface area contributed by atoms with Gasteiger partial charge in [-0.1, -0.05) is 35.0 Å². The van der Waals surface area contributed by atoms with Gasteiger partial charge in [-0.15, -0.1) is 10.2 Å². The topological polar surface area (TPSA) is 39.9 Å². The molecule has 0 saturated carbocycles. The number of ether oxygens (including phenoxy) is 1. The minimum atomic E-state index is 0.686. The fraction of sp³-hybridized carbons (Fsp3) is 0.176. The highest BCUT2D eigenvalue weighted by Crippen LogP contribution is 2.30. The zero-order valence-corrected chi connectivity index (χ0v) is 15.5. The predicted octanol–water partition coefficient (Wildman–Crippen LogP) is 5.09. The van der Waals surface area contributed by atoms with Crippen LogP contribution in [0, 0.1) is 0 Å². The minimum absolute atomic E-state index is 0.686. The number of hydrogen-bond acceptors (Lipinski definition) is 4. The molecule has 0 bridgehead atoms. The first kappa shape index (κ1) is 17.1. The molecular formula is C17H15Cl2N3OS. The average Bonchev–Trinajstić information content (AvgIpc) is 2.95. The molecule has 0 aliphatic carbocycles. The molecule has 7 heteroatoms. The van der Waals surface area contributed by atoms with Crippen LogP contribution in [0.1, 0.15) is 5.56 Å². The van der Waals surface area contributed by atoms with Gasteiger partial charge >= 0.3 is 0 Å². The van der Waals surface area contributed by atoms with E-state index >= 15 is 0 Å². The van der Waals surface area contributed by atoms with E-state index in [1.807, 2.05) is 54.1 Å². The van der Waals surface area contributed by atoms with Crippen molar-refractivity contribution in [1.82, 2.24) is 14.8 Å². The van der Waals surface area contributed by atoms with Crippen LogP contribution in [0.4, 0.5) is 0 Å². The summed E-state index contributed by atoms with van der Waals surface area (Å²) in [6, 6.07) is 13.1. The second kappa shape index (κ2) is 7.47. The largest absolute Gasteiger partial charge is 0.496 e. The molecule has 0 saturated heterocycles. The summed E-state index contributed by atoms with van der Waals surface area (Å²) in [6.07, 6.45) is 0. The molecule has 1 aromatic heterocycles. The summed E-state index contributed by atoms with van der Waals surface area (Å²) in [5.74, 6) is 2.30. The highest BCUT2D eigenvalue weighted by Gasteiger charge is 2.13. The number of thioether (sulfide) groups is 1. The molecule has 2 aromatic carbocycles. The van der Waals surface area contributed by atoms with Crippen LogP contribution in [0.3, 0.4) is 0 Å². The molecule has 124 valence electrons. The Balaban J connectivity index is 1.80. The molecule has 0 spiro atoms. The third kappa shape index (κ3) is 3.69. The van der Waals surface area contributed by atoms with Crippen LogP contribution < -0.4 is 4.74 Å². The maximum absolute atomic E-state index is 6.07. The quantitative estimate of drug-likeness (QED) is 0.578. The summed E-state index contributed by atoms with van der Waals surface area (Å²) in [5, 5.41) is 10.8. The summed E-state index contributed by atoms with van der Waals surface area (Å²) in [5.41, 5.74) is 1.99. The maximum atomic E-state index is 6.07. The lowest BCUT2D eigenvalue weighted by atomic mass is 10.2. The van der Waals surface area contributed by atoms with Crippen molar-refractivity contribution in [3.8, 4) is 17.1 Å². The molecule has 3 rings (SSSR count). The van der Waals surface area contributed by atoms with Crippen molar-refractivity contribution in [3.05, 3.63) is 58.1 Å². The van der Waals surface area contributed by atoms with Crippen LogP contribution >= 0.6 is 35.0 Å². The van der Waals surface area contributed by atoms with Gasteiger partial charge in [-0.2, -0.15) is 0 Å². The Kier molecular flexibility index (Phi) is 5.33.